The number of ether oxygens (including phenoxy) is 1. The first-order chi connectivity index (χ1) is 10.6. The smallest absolute Gasteiger partial charge is 0.408 e. The second-order valence-electron chi connectivity index (χ2n) is 5.80. The summed E-state index contributed by atoms with van der Waals surface area (Å²) in [5.74, 6) is 0. The molecule has 1 saturated carbocycles. The molecule has 22 heavy (non-hydrogen) atoms. The molecule has 0 spiro atoms. The zero-order chi connectivity index (χ0) is 15.9. The van der Waals surface area contributed by atoms with E-state index in [0.29, 0.717) is 13.0 Å². The SMILES string of the molecule is COCC[C@@H](c1ccccc1I)N(C(=O)O)C1CCCCC1. The van der Waals surface area contributed by atoms with Crippen molar-refractivity contribution >= 4 is 28.7 Å². The van der Waals surface area contributed by atoms with Crippen LogP contribution in [0.2, 0.25) is 0 Å². The minimum Gasteiger partial charge on any atom is -0.465 e. The van der Waals surface area contributed by atoms with E-state index in [4.69, 9.17) is 4.74 Å². The summed E-state index contributed by atoms with van der Waals surface area (Å²) >= 11 is 2.29. The van der Waals surface area contributed by atoms with Crippen LogP contribution in [-0.2, 0) is 4.74 Å². The van der Waals surface area contributed by atoms with Crippen LogP contribution in [0, 0.1) is 3.57 Å². The van der Waals surface area contributed by atoms with Gasteiger partial charge in [-0.2, -0.15) is 0 Å². The van der Waals surface area contributed by atoms with Crippen LogP contribution in [0.5, 0.6) is 0 Å². The summed E-state index contributed by atoms with van der Waals surface area (Å²) in [5, 5.41) is 9.83. The average Bonchev–Trinajstić information content (AvgIpc) is 2.52. The molecule has 1 aromatic rings. The summed E-state index contributed by atoms with van der Waals surface area (Å²) in [6.07, 6.45) is 5.29. The van der Waals surface area contributed by atoms with Crippen molar-refractivity contribution in [2.24, 2.45) is 0 Å². The molecule has 2 rings (SSSR count). The van der Waals surface area contributed by atoms with Gasteiger partial charge in [0.2, 0.25) is 0 Å². The van der Waals surface area contributed by atoms with Crippen LogP contribution in [0.3, 0.4) is 0 Å². The van der Waals surface area contributed by atoms with Crippen LogP contribution in [0.1, 0.15) is 50.1 Å². The second kappa shape index (κ2) is 8.72. The maximum Gasteiger partial charge on any atom is 0.408 e. The van der Waals surface area contributed by atoms with E-state index in [1.165, 1.54) is 6.42 Å². The maximum atomic E-state index is 12.0. The molecule has 1 N–H and O–H groups in total. The molecule has 1 fully saturated rings. The third-order valence-corrected chi connectivity index (χ3v) is 5.37. The predicted octanol–water partition coefficient (Wildman–Crippen LogP) is 4.68. The van der Waals surface area contributed by atoms with E-state index in [9.17, 15) is 9.90 Å². The van der Waals surface area contributed by atoms with Gasteiger partial charge >= 0.3 is 6.09 Å². The molecule has 4 nitrogen and oxygen atoms in total. The monoisotopic (exact) mass is 417 g/mol. The van der Waals surface area contributed by atoms with E-state index in [-0.39, 0.29) is 12.1 Å². The van der Waals surface area contributed by atoms with Gasteiger partial charge in [-0.3, -0.25) is 4.90 Å². The van der Waals surface area contributed by atoms with E-state index in [2.05, 4.69) is 22.6 Å². The molecule has 0 saturated heterocycles. The molecular weight excluding hydrogens is 393 g/mol. The predicted molar refractivity (Wildman–Crippen MR) is 95.1 cm³/mol. The van der Waals surface area contributed by atoms with Gasteiger partial charge in [0.05, 0.1) is 6.04 Å². The highest BCUT2D eigenvalue weighted by Gasteiger charge is 2.33. The van der Waals surface area contributed by atoms with Crippen molar-refractivity contribution in [2.45, 2.75) is 50.6 Å². The number of nitrogens with zero attached hydrogens (tertiary/aromatic N) is 1. The fourth-order valence-corrected chi connectivity index (χ4v) is 4.07. The highest BCUT2D eigenvalue weighted by molar-refractivity contribution is 14.1. The Balaban J connectivity index is 2.31. The van der Waals surface area contributed by atoms with Gasteiger partial charge in [-0.1, -0.05) is 37.5 Å². The number of hydrogen-bond donors (Lipinski definition) is 1. The zero-order valence-electron chi connectivity index (χ0n) is 13.0. The third-order valence-electron chi connectivity index (χ3n) is 4.38. The fraction of sp³-hybridized carbons (Fsp3) is 0.588. The summed E-state index contributed by atoms with van der Waals surface area (Å²) in [7, 11) is 1.67. The summed E-state index contributed by atoms with van der Waals surface area (Å²) in [6.45, 7) is 0.562. The Morgan fingerprint density at radius 2 is 2.05 bits per heavy atom. The number of hydrogen-bond acceptors (Lipinski definition) is 2. The van der Waals surface area contributed by atoms with Gasteiger partial charge in [0.25, 0.3) is 0 Å². The number of amides is 1. The van der Waals surface area contributed by atoms with Crippen LogP contribution in [-0.4, -0.2) is 35.9 Å². The number of carbonyl (C=O) groups is 1. The lowest BCUT2D eigenvalue weighted by Crippen LogP contribution is -2.43. The molecule has 0 aromatic heterocycles. The van der Waals surface area contributed by atoms with E-state index < -0.39 is 6.09 Å². The maximum absolute atomic E-state index is 12.0. The zero-order valence-corrected chi connectivity index (χ0v) is 15.2. The van der Waals surface area contributed by atoms with Crippen LogP contribution < -0.4 is 0 Å². The lowest BCUT2D eigenvalue weighted by Gasteiger charge is -2.38. The quantitative estimate of drug-likeness (QED) is 0.684. The van der Waals surface area contributed by atoms with Gasteiger partial charge in [0.15, 0.2) is 0 Å². The number of rotatable bonds is 6. The van der Waals surface area contributed by atoms with Crippen molar-refractivity contribution in [1.82, 2.24) is 4.90 Å². The van der Waals surface area contributed by atoms with Crippen molar-refractivity contribution in [3.8, 4) is 0 Å². The molecule has 1 amide bonds. The van der Waals surface area contributed by atoms with E-state index in [1.54, 1.807) is 12.0 Å². The number of methoxy groups -OCH3 is 1. The Bertz CT molecular complexity index is 489. The minimum atomic E-state index is -0.812. The average molecular weight is 417 g/mol. The van der Waals surface area contributed by atoms with Crippen LogP contribution in [0.4, 0.5) is 4.79 Å². The fourth-order valence-electron chi connectivity index (χ4n) is 3.32. The van der Waals surface area contributed by atoms with Gasteiger partial charge in [-0.05, 0) is 53.5 Å². The van der Waals surface area contributed by atoms with Crippen LogP contribution >= 0.6 is 22.6 Å². The summed E-state index contributed by atoms with van der Waals surface area (Å²) in [6, 6.07) is 8.05. The Labute approximate surface area is 146 Å². The Morgan fingerprint density at radius 3 is 2.64 bits per heavy atom. The molecule has 1 aliphatic rings. The first-order valence-electron chi connectivity index (χ1n) is 7.89. The Hall–Kier alpha value is -0.820. The summed E-state index contributed by atoms with van der Waals surface area (Å²) in [5.41, 5.74) is 1.09. The summed E-state index contributed by atoms with van der Waals surface area (Å²) < 4.78 is 6.34. The normalized spacial score (nSPS) is 17.2. The van der Waals surface area contributed by atoms with Crippen LogP contribution in [0.15, 0.2) is 24.3 Å². The molecule has 1 aliphatic carbocycles. The minimum absolute atomic E-state index is 0.129. The first kappa shape index (κ1) is 17.5. The molecule has 5 heteroatoms. The number of benzene rings is 1. The molecule has 0 heterocycles. The summed E-state index contributed by atoms with van der Waals surface area (Å²) in [4.78, 5) is 13.7. The molecular formula is C17H24INO3. The Kier molecular flexibility index (Phi) is 6.95. The van der Waals surface area contributed by atoms with Gasteiger partial charge in [0.1, 0.15) is 0 Å². The molecule has 1 aromatic carbocycles. The molecule has 0 aliphatic heterocycles. The first-order valence-corrected chi connectivity index (χ1v) is 8.97. The van der Waals surface area contributed by atoms with Crippen molar-refractivity contribution in [1.29, 1.82) is 0 Å². The van der Waals surface area contributed by atoms with Crippen molar-refractivity contribution in [2.75, 3.05) is 13.7 Å². The van der Waals surface area contributed by atoms with Gasteiger partial charge in [0, 0.05) is 23.3 Å². The largest absolute Gasteiger partial charge is 0.465 e. The molecule has 1 atom stereocenters. The van der Waals surface area contributed by atoms with E-state index in [1.807, 2.05) is 24.3 Å². The molecule has 0 bridgehead atoms. The lowest BCUT2D eigenvalue weighted by molar-refractivity contribution is 0.0680. The second-order valence-corrected chi connectivity index (χ2v) is 6.96. The Morgan fingerprint density at radius 1 is 1.36 bits per heavy atom. The van der Waals surface area contributed by atoms with Crippen LogP contribution in [0.25, 0.3) is 0 Å². The van der Waals surface area contributed by atoms with Crippen molar-refractivity contribution < 1.29 is 14.6 Å². The van der Waals surface area contributed by atoms with Gasteiger partial charge < -0.3 is 9.84 Å². The lowest BCUT2D eigenvalue weighted by atomic mass is 9.91. The highest BCUT2D eigenvalue weighted by atomic mass is 127. The van der Waals surface area contributed by atoms with E-state index in [0.717, 1.165) is 34.8 Å². The highest BCUT2D eigenvalue weighted by Crippen LogP contribution is 2.34. The van der Waals surface area contributed by atoms with Gasteiger partial charge in [-0.25, -0.2) is 4.79 Å². The number of carboxylic acid groups (broad SMARTS) is 1. The van der Waals surface area contributed by atoms with E-state index >= 15 is 0 Å². The number of halogens is 1. The van der Waals surface area contributed by atoms with Crippen molar-refractivity contribution in [3.63, 3.8) is 0 Å². The molecule has 122 valence electrons. The standard InChI is InChI=1S/C17H24INO3/c1-22-12-11-16(14-9-5-6-10-15(14)18)19(17(20)21)13-7-3-2-4-8-13/h5-6,9-10,13,16H,2-4,7-8,11-12H2,1H3,(H,20,21)/t16-/m0/s1. The molecule has 0 unspecified atom stereocenters. The molecule has 0 radical (unpaired) electrons. The third kappa shape index (κ3) is 4.35. The van der Waals surface area contributed by atoms with Crippen molar-refractivity contribution in [3.05, 3.63) is 33.4 Å². The topological polar surface area (TPSA) is 49.8 Å². The van der Waals surface area contributed by atoms with Gasteiger partial charge in [-0.15, -0.1) is 0 Å².